The van der Waals surface area contributed by atoms with Crippen LogP contribution in [0.25, 0.3) is 0 Å². The molecule has 1 rings (SSSR count). The van der Waals surface area contributed by atoms with Gasteiger partial charge in [-0.1, -0.05) is 20.3 Å². The minimum Gasteiger partial charge on any atom is -0.480 e. The van der Waals surface area contributed by atoms with Crippen LogP contribution in [-0.4, -0.2) is 37.9 Å². The lowest BCUT2D eigenvalue weighted by Gasteiger charge is -2.20. The Morgan fingerprint density at radius 2 is 2.15 bits per heavy atom. The summed E-state index contributed by atoms with van der Waals surface area (Å²) in [6.45, 7) is 6.51. The lowest BCUT2D eigenvalue weighted by atomic mass is 9.99. The highest BCUT2D eigenvalue weighted by atomic mass is 16.4. The van der Waals surface area contributed by atoms with Crippen LogP contribution in [0.2, 0.25) is 0 Å². The number of rotatable bonds is 7. The number of urea groups is 1. The van der Waals surface area contributed by atoms with Gasteiger partial charge >= 0.3 is 12.0 Å². The van der Waals surface area contributed by atoms with Gasteiger partial charge in [-0.15, -0.1) is 10.2 Å². The number of hydrogen-bond donors (Lipinski definition) is 3. The van der Waals surface area contributed by atoms with Crippen molar-refractivity contribution < 1.29 is 14.7 Å². The second-order valence-electron chi connectivity index (χ2n) is 4.56. The molecule has 0 aromatic carbocycles. The van der Waals surface area contributed by atoms with Crippen molar-refractivity contribution in [3.63, 3.8) is 0 Å². The number of carbonyl (C=O) groups is 2. The van der Waals surface area contributed by atoms with Crippen LogP contribution in [0.4, 0.5) is 4.79 Å². The number of aromatic nitrogens is 3. The zero-order valence-corrected chi connectivity index (χ0v) is 12.0. The number of carboxylic acid groups (broad SMARTS) is 1. The van der Waals surface area contributed by atoms with Crippen LogP contribution in [0.15, 0.2) is 6.33 Å². The van der Waals surface area contributed by atoms with E-state index in [1.165, 1.54) is 0 Å². The van der Waals surface area contributed by atoms with Crippen molar-refractivity contribution in [2.24, 2.45) is 5.92 Å². The normalized spacial score (nSPS) is 13.6. The van der Waals surface area contributed by atoms with Crippen LogP contribution < -0.4 is 10.6 Å². The Morgan fingerprint density at radius 3 is 2.70 bits per heavy atom. The largest absolute Gasteiger partial charge is 0.480 e. The van der Waals surface area contributed by atoms with Crippen molar-refractivity contribution in [1.29, 1.82) is 0 Å². The van der Waals surface area contributed by atoms with E-state index < -0.39 is 18.0 Å². The first kappa shape index (κ1) is 15.9. The SMILES string of the molecule is CCC(C)[C@H](NC(=O)NCc1nncn1CC)C(=O)O. The zero-order valence-electron chi connectivity index (χ0n) is 12.0. The third-order valence-electron chi connectivity index (χ3n) is 3.21. The molecule has 1 aromatic rings. The van der Waals surface area contributed by atoms with E-state index in [2.05, 4.69) is 20.8 Å². The molecule has 2 atom stereocenters. The van der Waals surface area contributed by atoms with Gasteiger partial charge in [0.25, 0.3) is 0 Å². The highest BCUT2D eigenvalue weighted by Crippen LogP contribution is 2.07. The fraction of sp³-hybridized carbons (Fsp3) is 0.667. The average Bonchev–Trinajstić information content (AvgIpc) is 2.88. The topological polar surface area (TPSA) is 109 Å². The summed E-state index contributed by atoms with van der Waals surface area (Å²) >= 11 is 0. The molecule has 0 radical (unpaired) electrons. The van der Waals surface area contributed by atoms with Gasteiger partial charge in [-0.2, -0.15) is 0 Å². The number of amides is 2. The van der Waals surface area contributed by atoms with Crippen LogP contribution in [0.5, 0.6) is 0 Å². The lowest BCUT2D eigenvalue weighted by Crippen LogP contribution is -2.49. The first-order valence-corrected chi connectivity index (χ1v) is 6.63. The minimum atomic E-state index is -1.04. The van der Waals surface area contributed by atoms with E-state index in [0.29, 0.717) is 18.8 Å². The van der Waals surface area contributed by atoms with E-state index >= 15 is 0 Å². The molecule has 0 aliphatic carbocycles. The third-order valence-corrected chi connectivity index (χ3v) is 3.21. The molecule has 0 saturated carbocycles. The van der Waals surface area contributed by atoms with Crippen molar-refractivity contribution in [3.8, 4) is 0 Å². The summed E-state index contributed by atoms with van der Waals surface area (Å²) < 4.78 is 1.80. The van der Waals surface area contributed by atoms with Crippen LogP contribution in [0.1, 0.15) is 33.0 Å². The molecule has 0 spiro atoms. The number of carbonyl (C=O) groups excluding carboxylic acids is 1. The maximum absolute atomic E-state index is 11.7. The third kappa shape index (κ3) is 4.22. The van der Waals surface area contributed by atoms with Crippen LogP contribution >= 0.6 is 0 Å². The summed E-state index contributed by atoms with van der Waals surface area (Å²) in [4.78, 5) is 22.8. The lowest BCUT2D eigenvalue weighted by molar-refractivity contribution is -0.140. The fourth-order valence-corrected chi connectivity index (χ4v) is 1.71. The van der Waals surface area contributed by atoms with Gasteiger partial charge in [0.1, 0.15) is 12.4 Å². The average molecular weight is 283 g/mol. The van der Waals surface area contributed by atoms with E-state index in [1.54, 1.807) is 17.8 Å². The van der Waals surface area contributed by atoms with E-state index in [1.807, 2.05) is 13.8 Å². The fourth-order valence-electron chi connectivity index (χ4n) is 1.71. The molecule has 2 amide bonds. The second-order valence-corrected chi connectivity index (χ2v) is 4.56. The molecular weight excluding hydrogens is 262 g/mol. The summed E-state index contributed by atoms with van der Waals surface area (Å²) in [6.07, 6.45) is 2.25. The minimum absolute atomic E-state index is 0.141. The van der Waals surface area contributed by atoms with E-state index in [-0.39, 0.29) is 12.5 Å². The molecule has 0 aliphatic heterocycles. The molecule has 1 unspecified atom stereocenters. The van der Waals surface area contributed by atoms with Crippen LogP contribution in [0, 0.1) is 5.92 Å². The van der Waals surface area contributed by atoms with Crippen molar-refractivity contribution in [2.45, 2.75) is 46.3 Å². The number of hydrogen-bond acceptors (Lipinski definition) is 4. The Labute approximate surface area is 117 Å². The van der Waals surface area contributed by atoms with E-state index in [9.17, 15) is 9.59 Å². The summed E-state index contributed by atoms with van der Waals surface area (Å²) in [7, 11) is 0. The van der Waals surface area contributed by atoms with Gasteiger partial charge in [-0.05, 0) is 12.8 Å². The Bertz CT molecular complexity index is 460. The second kappa shape index (κ2) is 7.46. The highest BCUT2D eigenvalue weighted by Gasteiger charge is 2.25. The van der Waals surface area contributed by atoms with Gasteiger partial charge in [0.15, 0.2) is 5.82 Å². The van der Waals surface area contributed by atoms with Gasteiger partial charge < -0.3 is 20.3 Å². The maximum atomic E-state index is 11.7. The van der Waals surface area contributed by atoms with Crippen molar-refractivity contribution in [2.75, 3.05) is 0 Å². The molecule has 112 valence electrons. The number of nitrogens with zero attached hydrogens (tertiary/aromatic N) is 3. The van der Waals surface area contributed by atoms with Gasteiger partial charge in [0, 0.05) is 6.54 Å². The van der Waals surface area contributed by atoms with Crippen molar-refractivity contribution in [3.05, 3.63) is 12.2 Å². The summed E-state index contributed by atoms with van der Waals surface area (Å²) in [5.41, 5.74) is 0. The van der Waals surface area contributed by atoms with Crippen molar-refractivity contribution >= 4 is 12.0 Å². The van der Waals surface area contributed by atoms with Gasteiger partial charge in [-0.25, -0.2) is 9.59 Å². The van der Waals surface area contributed by atoms with Gasteiger partial charge in [-0.3, -0.25) is 0 Å². The molecule has 1 heterocycles. The maximum Gasteiger partial charge on any atom is 0.326 e. The molecule has 3 N–H and O–H groups in total. The molecule has 1 aromatic heterocycles. The predicted molar refractivity (Wildman–Crippen MR) is 71.9 cm³/mol. The summed E-state index contributed by atoms with van der Waals surface area (Å²) in [5.74, 6) is -0.554. The van der Waals surface area contributed by atoms with Crippen molar-refractivity contribution in [1.82, 2.24) is 25.4 Å². The highest BCUT2D eigenvalue weighted by molar-refractivity contribution is 5.82. The Kier molecular flexibility index (Phi) is 5.95. The molecular formula is C12H21N5O3. The number of nitrogens with one attached hydrogen (secondary N) is 2. The van der Waals surface area contributed by atoms with Crippen LogP contribution in [-0.2, 0) is 17.9 Å². The molecule has 0 fully saturated rings. The van der Waals surface area contributed by atoms with Crippen LogP contribution in [0.3, 0.4) is 0 Å². The number of aryl methyl sites for hydroxylation is 1. The zero-order chi connectivity index (χ0) is 15.1. The Balaban J connectivity index is 2.52. The quantitative estimate of drug-likeness (QED) is 0.678. The molecule has 8 heteroatoms. The molecule has 20 heavy (non-hydrogen) atoms. The molecule has 0 saturated heterocycles. The number of carboxylic acids is 1. The summed E-state index contributed by atoms with van der Waals surface area (Å²) in [5, 5.41) is 21.8. The smallest absolute Gasteiger partial charge is 0.326 e. The first-order chi connectivity index (χ1) is 9.49. The Morgan fingerprint density at radius 1 is 1.45 bits per heavy atom. The van der Waals surface area contributed by atoms with E-state index in [0.717, 1.165) is 0 Å². The predicted octanol–water partition coefficient (Wildman–Crippen LogP) is 0.596. The molecule has 0 aliphatic rings. The summed E-state index contributed by atoms with van der Waals surface area (Å²) in [6, 6.07) is -1.42. The van der Waals surface area contributed by atoms with Gasteiger partial charge in [0.2, 0.25) is 0 Å². The number of aliphatic carboxylic acids is 1. The first-order valence-electron chi connectivity index (χ1n) is 6.63. The molecule has 0 bridgehead atoms. The Hall–Kier alpha value is -2.12. The van der Waals surface area contributed by atoms with Gasteiger partial charge in [0.05, 0.1) is 6.54 Å². The molecule has 8 nitrogen and oxygen atoms in total. The monoisotopic (exact) mass is 283 g/mol. The van der Waals surface area contributed by atoms with E-state index in [4.69, 9.17) is 5.11 Å². The standard InChI is InChI=1S/C12H21N5O3/c1-4-8(3)10(11(18)19)15-12(20)13-6-9-16-14-7-17(9)5-2/h7-8,10H,4-6H2,1-3H3,(H,18,19)(H2,13,15,20)/t8?,10-/m0/s1.